The molecule has 0 spiro atoms. The Morgan fingerprint density at radius 1 is 1.39 bits per heavy atom. The summed E-state index contributed by atoms with van der Waals surface area (Å²) < 4.78 is 5.15. The Bertz CT molecular complexity index is 392. The van der Waals surface area contributed by atoms with Gasteiger partial charge in [-0.25, -0.2) is 4.98 Å². The summed E-state index contributed by atoms with van der Waals surface area (Å²) in [5, 5.41) is 9.55. The fourth-order valence-electron chi connectivity index (χ4n) is 2.07. The number of aliphatic hydroxyl groups is 1. The van der Waals surface area contributed by atoms with E-state index < -0.39 is 0 Å². The van der Waals surface area contributed by atoms with Crippen LogP contribution >= 0.6 is 0 Å². The normalized spacial score (nSPS) is 11.1. The van der Waals surface area contributed by atoms with Crippen molar-refractivity contribution in [2.75, 3.05) is 25.2 Å². The third-order valence-electron chi connectivity index (χ3n) is 3.04. The van der Waals surface area contributed by atoms with Crippen LogP contribution in [0.25, 0.3) is 0 Å². The molecule has 0 atom stereocenters. The summed E-state index contributed by atoms with van der Waals surface area (Å²) in [6, 6.07) is 2.32. The molecule has 0 saturated carbocycles. The van der Waals surface area contributed by atoms with Gasteiger partial charge in [-0.2, -0.15) is 0 Å². The molecular formula is C14H24N2O2. The molecule has 1 heterocycles. The Morgan fingerprint density at radius 2 is 2.06 bits per heavy atom. The van der Waals surface area contributed by atoms with Crippen LogP contribution in [-0.4, -0.2) is 36.4 Å². The zero-order chi connectivity index (χ0) is 13.7. The monoisotopic (exact) mass is 252 g/mol. The molecule has 0 radical (unpaired) electrons. The maximum Gasteiger partial charge on any atom is 0.134 e. The van der Waals surface area contributed by atoms with Gasteiger partial charge in [0, 0.05) is 31.0 Å². The van der Waals surface area contributed by atoms with Gasteiger partial charge in [-0.05, 0) is 39.3 Å². The Morgan fingerprint density at radius 3 is 2.56 bits per heavy atom. The second-order valence-electron chi connectivity index (χ2n) is 4.82. The maximum absolute atomic E-state index is 9.55. The Kier molecular flexibility index (Phi) is 5.56. The SMILES string of the molecule is COCCN(c1nc(C)cc(C)c1CO)C(C)C. The van der Waals surface area contributed by atoms with Crippen molar-refractivity contribution >= 4 is 5.82 Å². The van der Waals surface area contributed by atoms with E-state index in [9.17, 15) is 5.11 Å². The van der Waals surface area contributed by atoms with Crippen molar-refractivity contribution in [2.24, 2.45) is 0 Å². The van der Waals surface area contributed by atoms with Crippen LogP contribution in [0, 0.1) is 13.8 Å². The molecule has 0 aliphatic carbocycles. The van der Waals surface area contributed by atoms with Gasteiger partial charge in [0.2, 0.25) is 0 Å². The van der Waals surface area contributed by atoms with Crippen molar-refractivity contribution in [2.45, 2.75) is 40.3 Å². The molecule has 0 unspecified atom stereocenters. The highest BCUT2D eigenvalue weighted by atomic mass is 16.5. The van der Waals surface area contributed by atoms with Gasteiger partial charge in [-0.1, -0.05) is 0 Å². The number of aliphatic hydroxyl groups excluding tert-OH is 1. The van der Waals surface area contributed by atoms with Gasteiger partial charge in [0.15, 0.2) is 0 Å². The second kappa shape index (κ2) is 6.71. The van der Waals surface area contributed by atoms with E-state index >= 15 is 0 Å². The largest absolute Gasteiger partial charge is 0.392 e. The second-order valence-corrected chi connectivity index (χ2v) is 4.82. The first-order valence-corrected chi connectivity index (χ1v) is 6.34. The molecule has 1 aromatic heterocycles. The highest BCUT2D eigenvalue weighted by molar-refractivity contribution is 5.52. The van der Waals surface area contributed by atoms with Crippen molar-refractivity contribution in [3.63, 3.8) is 0 Å². The summed E-state index contributed by atoms with van der Waals surface area (Å²) in [7, 11) is 1.69. The smallest absolute Gasteiger partial charge is 0.134 e. The fourth-order valence-corrected chi connectivity index (χ4v) is 2.07. The summed E-state index contributed by atoms with van der Waals surface area (Å²) in [4.78, 5) is 6.77. The van der Waals surface area contributed by atoms with Crippen LogP contribution in [0.15, 0.2) is 6.07 Å². The average Bonchev–Trinajstić information content (AvgIpc) is 2.28. The van der Waals surface area contributed by atoms with Crippen molar-refractivity contribution in [3.05, 3.63) is 22.9 Å². The predicted octanol–water partition coefficient (Wildman–Crippen LogP) is 2.05. The number of hydrogen-bond acceptors (Lipinski definition) is 4. The van der Waals surface area contributed by atoms with E-state index in [1.54, 1.807) is 7.11 Å². The van der Waals surface area contributed by atoms with Crippen LogP contribution in [0.5, 0.6) is 0 Å². The summed E-state index contributed by atoms with van der Waals surface area (Å²) in [5.74, 6) is 0.877. The quantitative estimate of drug-likeness (QED) is 0.841. The Balaban J connectivity index is 3.17. The number of rotatable bonds is 6. The molecule has 4 nitrogen and oxygen atoms in total. The van der Waals surface area contributed by atoms with Gasteiger partial charge in [0.25, 0.3) is 0 Å². The molecule has 1 rings (SSSR count). The average molecular weight is 252 g/mol. The van der Waals surface area contributed by atoms with Gasteiger partial charge < -0.3 is 14.7 Å². The number of aromatic nitrogens is 1. The van der Waals surface area contributed by atoms with Crippen LogP contribution in [0.3, 0.4) is 0 Å². The van der Waals surface area contributed by atoms with Crippen LogP contribution < -0.4 is 4.90 Å². The number of ether oxygens (including phenoxy) is 1. The van der Waals surface area contributed by atoms with Crippen molar-refractivity contribution in [1.82, 2.24) is 4.98 Å². The van der Waals surface area contributed by atoms with E-state index in [0.717, 1.165) is 29.2 Å². The molecule has 0 fully saturated rings. The van der Waals surface area contributed by atoms with Crippen molar-refractivity contribution in [3.8, 4) is 0 Å². The highest BCUT2D eigenvalue weighted by Crippen LogP contribution is 2.24. The van der Waals surface area contributed by atoms with E-state index in [1.165, 1.54) is 0 Å². The van der Waals surface area contributed by atoms with Crippen molar-refractivity contribution in [1.29, 1.82) is 0 Å². The zero-order valence-corrected chi connectivity index (χ0v) is 12.0. The Hall–Kier alpha value is -1.13. The van der Waals surface area contributed by atoms with Crippen LogP contribution in [0.4, 0.5) is 5.82 Å². The maximum atomic E-state index is 9.55. The molecule has 1 N–H and O–H groups in total. The first kappa shape index (κ1) is 14.9. The van der Waals surface area contributed by atoms with E-state index in [-0.39, 0.29) is 6.61 Å². The summed E-state index contributed by atoms with van der Waals surface area (Å²) in [6.07, 6.45) is 0. The minimum Gasteiger partial charge on any atom is -0.392 e. The number of anilines is 1. The standard InChI is InChI=1S/C14H24N2O2/c1-10(2)16(6-7-18-5)14-13(9-17)11(3)8-12(4)15-14/h8,10,17H,6-7,9H2,1-5H3. The summed E-state index contributed by atoms with van der Waals surface area (Å²) >= 11 is 0. The van der Waals surface area contributed by atoms with Crippen molar-refractivity contribution < 1.29 is 9.84 Å². The third kappa shape index (κ3) is 3.43. The van der Waals surface area contributed by atoms with Crippen LogP contribution in [0.1, 0.15) is 30.7 Å². The predicted molar refractivity (Wildman–Crippen MR) is 74.0 cm³/mol. The lowest BCUT2D eigenvalue weighted by atomic mass is 10.1. The molecule has 18 heavy (non-hydrogen) atoms. The van der Waals surface area contributed by atoms with Crippen LogP contribution in [0.2, 0.25) is 0 Å². The molecule has 1 aromatic rings. The zero-order valence-electron chi connectivity index (χ0n) is 12.0. The van der Waals surface area contributed by atoms with Gasteiger partial charge >= 0.3 is 0 Å². The van der Waals surface area contributed by atoms with Gasteiger partial charge in [0.05, 0.1) is 13.2 Å². The molecule has 4 heteroatoms. The lowest BCUT2D eigenvalue weighted by molar-refractivity contribution is 0.203. The molecule has 102 valence electrons. The lowest BCUT2D eigenvalue weighted by Crippen LogP contribution is -2.35. The molecule has 0 aromatic carbocycles. The van der Waals surface area contributed by atoms with Gasteiger partial charge in [0.1, 0.15) is 5.82 Å². The topological polar surface area (TPSA) is 45.6 Å². The number of nitrogens with zero attached hydrogens (tertiary/aromatic N) is 2. The minimum absolute atomic E-state index is 0.0185. The molecule has 0 saturated heterocycles. The third-order valence-corrected chi connectivity index (χ3v) is 3.04. The van der Waals surface area contributed by atoms with Gasteiger partial charge in [-0.15, -0.1) is 0 Å². The number of aryl methyl sites for hydroxylation is 2. The first-order chi connectivity index (χ1) is 8.51. The molecule has 0 amide bonds. The molecule has 0 bridgehead atoms. The lowest BCUT2D eigenvalue weighted by Gasteiger charge is -2.30. The fraction of sp³-hybridized carbons (Fsp3) is 0.643. The molecule has 0 aliphatic rings. The number of methoxy groups -OCH3 is 1. The number of hydrogen-bond donors (Lipinski definition) is 1. The minimum atomic E-state index is 0.0185. The van der Waals surface area contributed by atoms with E-state index in [0.29, 0.717) is 12.6 Å². The molecule has 0 aliphatic heterocycles. The first-order valence-electron chi connectivity index (χ1n) is 6.34. The summed E-state index contributed by atoms with van der Waals surface area (Å²) in [6.45, 7) is 9.68. The Labute approximate surface area is 110 Å². The van der Waals surface area contributed by atoms with E-state index in [1.807, 2.05) is 19.9 Å². The van der Waals surface area contributed by atoms with Gasteiger partial charge in [-0.3, -0.25) is 0 Å². The number of pyridine rings is 1. The van der Waals surface area contributed by atoms with E-state index in [2.05, 4.69) is 23.7 Å². The molecular weight excluding hydrogens is 228 g/mol. The van der Waals surface area contributed by atoms with E-state index in [4.69, 9.17) is 4.74 Å². The summed E-state index contributed by atoms with van der Waals surface area (Å²) in [5.41, 5.74) is 2.97. The van der Waals surface area contributed by atoms with Crippen LogP contribution in [-0.2, 0) is 11.3 Å². The highest BCUT2D eigenvalue weighted by Gasteiger charge is 2.17.